The number of nitrogens with one attached hydrogen (secondary N) is 1. The van der Waals surface area contributed by atoms with E-state index < -0.39 is 6.10 Å². The summed E-state index contributed by atoms with van der Waals surface area (Å²) in [6.45, 7) is 0.814. The largest absolute Gasteiger partial charge is 0.462 e. The lowest BCUT2D eigenvalue weighted by Gasteiger charge is -2.11. The molecule has 19 heavy (non-hydrogen) atoms. The first-order valence-corrected chi connectivity index (χ1v) is 6.39. The molecule has 0 saturated heterocycles. The van der Waals surface area contributed by atoms with Crippen LogP contribution >= 0.6 is 11.6 Å². The van der Waals surface area contributed by atoms with Gasteiger partial charge in [-0.05, 0) is 29.8 Å². The molecular formula is C14H16ClNO3. The first kappa shape index (κ1) is 14.1. The SMILES string of the molecule is OCc1ccc(CNCC(O)c2ccc(Cl)cc2)o1. The van der Waals surface area contributed by atoms with Crippen LogP contribution in [0.15, 0.2) is 40.8 Å². The van der Waals surface area contributed by atoms with Crippen molar-refractivity contribution in [2.24, 2.45) is 0 Å². The number of furan rings is 1. The monoisotopic (exact) mass is 281 g/mol. The van der Waals surface area contributed by atoms with Crippen LogP contribution in [0.4, 0.5) is 0 Å². The van der Waals surface area contributed by atoms with Crippen molar-refractivity contribution >= 4 is 11.6 Å². The Labute approximate surface area is 116 Å². The second-order valence-corrected chi connectivity index (χ2v) is 4.66. The summed E-state index contributed by atoms with van der Waals surface area (Å²) in [7, 11) is 0. The van der Waals surface area contributed by atoms with E-state index in [-0.39, 0.29) is 6.61 Å². The zero-order chi connectivity index (χ0) is 13.7. The molecule has 1 aromatic carbocycles. The standard InChI is InChI=1S/C14H16ClNO3/c15-11-3-1-10(2-4-11)14(18)8-16-7-12-5-6-13(9-17)19-12/h1-6,14,16-18H,7-9H2. The Bertz CT molecular complexity index is 510. The Morgan fingerprint density at radius 2 is 1.79 bits per heavy atom. The van der Waals surface area contributed by atoms with Gasteiger partial charge in [0.25, 0.3) is 0 Å². The van der Waals surface area contributed by atoms with E-state index in [1.54, 1.807) is 36.4 Å². The van der Waals surface area contributed by atoms with Crippen molar-refractivity contribution in [2.45, 2.75) is 19.3 Å². The highest BCUT2D eigenvalue weighted by atomic mass is 35.5. The summed E-state index contributed by atoms with van der Waals surface area (Å²) in [4.78, 5) is 0. The smallest absolute Gasteiger partial charge is 0.129 e. The van der Waals surface area contributed by atoms with Gasteiger partial charge in [-0.2, -0.15) is 0 Å². The molecule has 1 aromatic heterocycles. The molecule has 0 spiro atoms. The molecule has 1 unspecified atom stereocenters. The van der Waals surface area contributed by atoms with Crippen LogP contribution < -0.4 is 5.32 Å². The van der Waals surface area contributed by atoms with Gasteiger partial charge in [0.1, 0.15) is 18.1 Å². The first-order valence-electron chi connectivity index (χ1n) is 6.01. The molecule has 102 valence electrons. The topological polar surface area (TPSA) is 65.6 Å². The fraction of sp³-hybridized carbons (Fsp3) is 0.286. The fourth-order valence-electron chi connectivity index (χ4n) is 1.74. The van der Waals surface area contributed by atoms with Gasteiger partial charge in [0, 0.05) is 11.6 Å². The Morgan fingerprint density at radius 1 is 1.11 bits per heavy atom. The van der Waals surface area contributed by atoms with Gasteiger partial charge in [0.2, 0.25) is 0 Å². The molecule has 0 fully saturated rings. The number of aliphatic hydroxyl groups excluding tert-OH is 2. The maximum atomic E-state index is 9.96. The van der Waals surface area contributed by atoms with Crippen LogP contribution in [0.25, 0.3) is 0 Å². The van der Waals surface area contributed by atoms with Gasteiger partial charge in [0.05, 0.1) is 12.6 Å². The van der Waals surface area contributed by atoms with Gasteiger partial charge in [-0.15, -0.1) is 0 Å². The zero-order valence-corrected chi connectivity index (χ0v) is 11.1. The number of rotatable bonds is 6. The lowest BCUT2D eigenvalue weighted by Crippen LogP contribution is -2.20. The molecule has 0 amide bonds. The highest BCUT2D eigenvalue weighted by Crippen LogP contribution is 2.16. The molecule has 5 heteroatoms. The third kappa shape index (κ3) is 4.08. The molecular weight excluding hydrogens is 266 g/mol. The molecule has 1 atom stereocenters. The molecule has 0 saturated carbocycles. The molecule has 4 nitrogen and oxygen atoms in total. The quantitative estimate of drug-likeness (QED) is 0.760. The van der Waals surface area contributed by atoms with E-state index >= 15 is 0 Å². The van der Waals surface area contributed by atoms with Crippen molar-refractivity contribution in [3.63, 3.8) is 0 Å². The van der Waals surface area contributed by atoms with Crippen molar-refractivity contribution in [2.75, 3.05) is 6.54 Å². The van der Waals surface area contributed by atoms with Crippen LogP contribution in [0.1, 0.15) is 23.2 Å². The van der Waals surface area contributed by atoms with Crippen LogP contribution in [0, 0.1) is 0 Å². The van der Waals surface area contributed by atoms with Gasteiger partial charge in [0.15, 0.2) is 0 Å². The minimum atomic E-state index is -0.593. The molecule has 0 aliphatic rings. The van der Waals surface area contributed by atoms with Gasteiger partial charge in [-0.1, -0.05) is 23.7 Å². The summed E-state index contributed by atoms with van der Waals surface area (Å²) in [5.41, 5.74) is 0.812. The normalized spacial score (nSPS) is 12.6. The minimum absolute atomic E-state index is 0.104. The van der Waals surface area contributed by atoms with E-state index in [0.29, 0.717) is 23.9 Å². The number of halogens is 1. The fourth-order valence-corrected chi connectivity index (χ4v) is 1.86. The molecule has 2 rings (SSSR count). The summed E-state index contributed by atoms with van der Waals surface area (Å²) < 4.78 is 5.32. The van der Waals surface area contributed by atoms with E-state index in [0.717, 1.165) is 11.3 Å². The predicted molar refractivity (Wildman–Crippen MR) is 72.7 cm³/mol. The third-order valence-corrected chi connectivity index (χ3v) is 3.02. The zero-order valence-electron chi connectivity index (χ0n) is 10.3. The van der Waals surface area contributed by atoms with E-state index in [1.807, 2.05) is 0 Å². The number of hydrogen-bond donors (Lipinski definition) is 3. The summed E-state index contributed by atoms with van der Waals surface area (Å²) in [6, 6.07) is 10.6. The van der Waals surface area contributed by atoms with Gasteiger partial charge < -0.3 is 19.9 Å². The van der Waals surface area contributed by atoms with E-state index in [1.165, 1.54) is 0 Å². The Morgan fingerprint density at radius 3 is 2.42 bits per heavy atom. The van der Waals surface area contributed by atoms with Crippen molar-refractivity contribution < 1.29 is 14.6 Å². The van der Waals surface area contributed by atoms with Crippen LogP contribution in [0.5, 0.6) is 0 Å². The number of benzene rings is 1. The average molecular weight is 282 g/mol. The van der Waals surface area contributed by atoms with Gasteiger partial charge in [-0.25, -0.2) is 0 Å². The van der Waals surface area contributed by atoms with Crippen LogP contribution in [-0.2, 0) is 13.2 Å². The molecule has 0 aliphatic carbocycles. The summed E-state index contributed by atoms with van der Waals surface area (Å²) >= 11 is 5.79. The predicted octanol–water partition coefficient (Wildman–Crippen LogP) is 2.25. The van der Waals surface area contributed by atoms with Crippen molar-refractivity contribution in [1.29, 1.82) is 0 Å². The number of aliphatic hydroxyl groups is 2. The maximum absolute atomic E-state index is 9.96. The first-order chi connectivity index (χ1) is 9.19. The molecule has 1 heterocycles. The Hall–Kier alpha value is -1.33. The van der Waals surface area contributed by atoms with Crippen molar-refractivity contribution in [3.05, 3.63) is 58.5 Å². The Balaban J connectivity index is 1.80. The average Bonchev–Trinajstić information content (AvgIpc) is 2.87. The second-order valence-electron chi connectivity index (χ2n) is 4.22. The molecule has 0 aliphatic heterocycles. The Kier molecular flexibility index (Phi) is 4.99. The van der Waals surface area contributed by atoms with Gasteiger partial charge >= 0.3 is 0 Å². The highest BCUT2D eigenvalue weighted by Gasteiger charge is 2.07. The summed E-state index contributed by atoms with van der Waals surface area (Å²) in [6.07, 6.45) is -0.593. The second kappa shape index (κ2) is 6.73. The van der Waals surface area contributed by atoms with E-state index in [2.05, 4.69) is 5.32 Å². The van der Waals surface area contributed by atoms with Crippen LogP contribution in [0.2, 0.25) is 5.02 Å². The lowest BCUT2D eigenvalue weighted by atomic mass is 10.1. The highest BCUT2D eigenvalue weighted by molar-refractivity contribution is 6.30. The molecule has 0 bridgehead atoms. The van der Waals surface area contributed by atoms with Crippen molar-refractivity contribution in [1.82, 2.24) is 5.32 Å². The number of hydrogen-bond acceptors (Lipinski definition) is 4. The molecule has 2 aromatic rings. The van der Waals surface area contributed by atoms with E-state index in [4.69, 9.17) is 21.1 Å². The van der Waals surface area contributed by atoms with E-state index in [9.17, 15) is 5.11 Å². The van der Waals surface area contributed by atoms with Gasteiger partial charge in [-0.3, -0.25) is 0 Å². The molecule has 0 radical (unpaired) electrons. The maximum Gasteiger partial charge on any atom is 0.129 e. The summed E-state index contributed by atoms with van der Waals surface area (Å²) in [5.74, 6) is 1.27. The minimum Gasteiger partial charge on any atom is -0.462 e. The van der Waals surface area contributed by atoms with Crippen LogP contribution in [0.3, 0.4) is 0 Å². The van der Waals surface area contributed by atoms with Crippen LogP contribution in [-0.4, -0.2) is 16.8 Å². The summed E-state index contributed by atoms with van der Waals surface area (Å²) in [5, 5.41) is 22.6. The lowest BCUT2D eigenvalue weighted by molar-refractivity contribution is 0.173. The van der Waals surface area contributed by atoms with Crippen molar-refractivity contribution in [3.8, 4) is 0 Å². The third-order valence-electron chi connectivity index (χ3n) is 2.76. The molecule has 3 N–H and O–H groups in total.